The van der Waals surface area contributed by atoms with Gasteiger partial charge in [-0.2, -0.15) is 0 Å². The Morgan fingerprint density at radius 3 is 2.24 bits per heavy atom. The Labute approximate surface area is 106 Å². The van der Waals surface area contributed by atoms with Gasteiger partial charge in [-0.25, -0.2) is 0 Å². The molecule has 0 spiro atoms. The molecule has 0 amide bonds. The first-order chi connectivity index (χ1) is 7.67. The predicted octanol–water partition coefficient (Wildman–Crippen LogP) is 3.86. The molecule has 0 bridgehead atoms. The van der Waals surface area contributed by atoms with Crippen LogP contribution in [0.2, 0.25) is 18.6 Å². The van der Waals surface area contributed by atoms with Crippen molar-refractivity contribution in [2.45, 2.75) is 64.1 Å². The maximum atomic E-state index is 2.62. The average Bonchev–Trinajstić information content (AvgIpc) is 2.43. The van der Waals surface area contributed by atoms with Crippen LogP contribution in [0.5, 0.6) is 0 Å². The van der Waals surface area contributed by atoms with Gasteiger partial charge in [-0.3, -0.25) is 0 Å². The van der Waals surface area contributed by atoms with E-state index in [4.69, 9.17) is 0 Å². The summed E-state index contributed by atoms with van der Waals surface area (Å²) in [6, 6.07) is 7.70. The zero-order valence-corrected chi connectivity index (χ0v) is 13.1. The van der Waals surface area contributed by atoms with Gasteiger partial charge in [0.25, 0.3) is 0 Å². The third-order valence-corrected chi connectivity index (χ3v) is 10.1. The fourth-order valence-corrected chi connectivity index (χ4v) is 12.1. The number of aryl methyl sites for hydroxylation is 1. The second-order valence-electron chi connectivity index (χ2n) is 7.86. The summed E-state index contributed by atoms with van der Waals surface area (Å²) in [5.41, 5.74) is 5.78. The van der Waals surface area contributed by atoms with Crippen molar-refractivity contribution in [3.63, 3.8) is 0 Å². The van der Waals surface area contributed by atoms with Gasteiger partial charge >= 0.3 is 0 Å². The van der Waals surface area contributed by atoms with Gasteiger partial charge in [-0.05, 0) is 46.5 Å². The lowest BCUT2D eigenvalue weighted by atomic mass is 9.79. The van der Waals surface area contributed by atoms with Crippen LogP contribution >= 0.6 is 0 Å². The fourth-order valence-electron chi connectivity index (χ4n) is 5.14. The summed E-state index contributed by atoms with van der Waals surface area (Å²) < 4.78 is 0. The Balaban J connectivity index is 2.40. The predicted molar refractivity (Wildman–Crippen MR) is 78.1 cm³/mol. The highest BCUT2D eigenvalue weighted by Crippen LogP contribution is 2.52. The van der Waals surface area contributed by atoms with E-state index in [9.17, 15) is 0 Å². The van der Waals surface area contributed by atoms with Crippen molar-refractivity contribution in [1.82, 2.24) is 0 Å². The second-order valence-corrected chi connectivity index (χ2v) is 12.2. The molecule has 0 nitrogen and oxygen atoms in total. The lowest BCUT2D eigenvalue weighted by Crippen LogP contribution is -2.38. The molecule has 0 N–H and O–H groups in total. The van der Waals surface area contributed by atoms with Gasteiger partial charge in [0.05, 0.1) is 8.07 Å². The molecule has 2 heterocycles. The van der Waals surface area contributed by atoms with Crippen molar-refractivity contribution in [3.05, 3.63) is 28.8 Å². The van der Waals surface area contributed by atoms with Crippen LogP contribution in [0.25, 0.3) is 0 Å². The molecule has 1 unspecified atom stereocenters. The van der Waals surface area contributed by atoms with E-state index in [2.05, 4.69) is 53.3 Å². The van der Waals surface area contributed by atoms with E-state index in [0.29, 0.717) is 10.8 Å². The molecule has 0 saturated carbocycles. The van der Waals surface area contributed by atoms with Crippen LogP contribution in [0.3, 0.4) is 0 Å². The van der Waals surface area contributed by atoms with Crippen LogP contribution < -0.4 is 5.19 Å². The lowest BCUT2D eigenvalue weighted by Gasteiger charge is -2.29. The molecule has 17 heavy (non-hydrogen) atoms. The van der Waals surface area contributed by atoms with Gasteiger partial charge in [0, 0.05) is 0 Å². The highest BCUT2D eigenvalue weighted by Gasteiger charge is 2.55. The van der Waals surface area contributed by atoms with E-state index < -0.39 is 8.07 Å². The first kappa shape index (κ1) is 11.5. The summed E-state index contributed by atoms with van der Waals surface area (Å²) in [4.78, 5) is 0. The van der Waals surface area contributed by atoms with E-state index in [-0.39, 0.29) is 0 Å². The molecule has 3 rings (SSSR count). The minimum Gasteiger partial charge on any atom is -0.0652 e. The molecule has 1 atom stereocenters. The van der Waals surface area contributed by atoms with Crippen molar-refractivity contribution in [2.75, 3.05) is 0 Å². The molecule has 1 aromatic carbocycles. The van der Waals surface area contributed by atoms with Crippen molar-refractivity contribution in [1.29, 1.82) is 0 Å². The number of rotatable bonds is 0. The maximum absolute atomic E-state index is 2.62. The Kier molecular flexibility index (Phi) is 1.95. The summed E-state index contributed by atoms with van der Waals surface area (Å²) in [7, 11) is -1.19. The third-order valence-electron chi connectivity index (χ3n) is 5.09. The van der Waals surface area contributed by atoms with Crippen molar-refractivity contribution < 1.29 is 0 Å². The van der Waals surface area contributed by atoms with Crippen molar-refractivity contribution in [2.24, 2.45) is 0 Å². The van der Waals surface area contributed by atoms with Gasteiger partial charge in [0.2, 0.25) is 0 Å². The molecule has 1 heteroatoms. The topological polar surface area (TPSA) is 0 Å². The van der Waals surface area contributed by atoms with E-state index in [1.54, 1.807) is 11.1 Å². The van der Waals surface area contributed by atoms with Crippen molar-refractivity contribution in [3.8, 4) is 0 Å². The largest absolute Gasteiger partial charge is 0.0861 e. The van der Waals surface area contributed by atoms with E-state index >= 15 is 0 Å². The zero-order chi connectivity index (χ0) is 12.6. The monoisotopic (exact) mass is 244 g/mol. The molecule has 92 valence electrons. The Morgan fingerprint density at radius 1 is 1.00 bits per heavy atom. The van der Waals surface area contributed by atoms with Crippen LogP contribution in [-0.2, 0) is 10.8 Å². The highest BCUT2D eigenvalue weighted by molar-refractivity contribution is 6.94. The first-order valence-electron chi connectivity index (χ1n) is 6.82. The van der Waals surface area contributed by atoms with Gasteiger partial charge in [-0.15, -0.1) is 0 Å². The van der Waals surface area contributed by atoms with Crippen LogP contribution in [-0.4, -0.2) is 8.07 Å². The number of benzene rings is 1. The van der Waals surface area contributed by atoms with Crippen LogP contribution in [0, 0.1) is 6.92 Å². The summed E-state index contributed by atoms with van der Waals surface area (Å²) in [6.45, 7) is 14.7. The Hall–Kier alpha value is -0.563. The Morgan fingerprint density at radius 2 is 1.59 bits per heavy atom. The number of hydrogen-bond donors (Lipinski definition) is 0. The van der Waals surface area contributed by atoms with E-state index in [0.717, 1.165) is 0 Å². The van der Waals surface area contributed by atoms with Crippen LogP contribution in [0.4, 0.5) is 0 Å². The van der Waals surface area contributed by atoms with E-state index in [1.165, 1.54) is 17.7 Å². The minimum absolute atomic E-state index is 0.424. The molecule has 0 aliphatic carbocycles. The molecule has 0 radical (unpaired) electrons. The lowest BCUT2D eigenvalue weighted by molar-refractivity contribution is 0.560. The summed E-state index contributed by atoms with van der Waals surface area (Å²) in [6.07, 6.45) is 0. The van der Waals surface area contributed by atoms with Crippen molar-refractivity contribution >= 4 is 13.3 Å². The SMILES string of the molecule is Cc1ccc2c3c1C(C)(C)C[Si]3(C)CC2(C)C. The zero-order valence-electron chi connectivity index (χ0n) is 12.1. The molecule has 0 saturated heterocycles. The van der Waals surface area contributed by atoms with Crippen LogP contribution in [0.1, 0.15) is 44.4 Å². The average molecular weight is 244 g/mol. The Bertz CT molecular complexity index is 511. The van der Waals surface area contributed by atoms with Crippen LogP contribution in [0.15, 0.2) is 12.1 Å². The molecule has 1 aromatic rings. The van der Waals surface area contributed by atoms with Gasteiger partial charge in [0.15, 0.2) is 0 Å². The quantitative estimate of drug-likeness (QED) is 0.608. The van der Waals surface area contributed by atoms with Gasteiger partial charge in [0.1, 0.15) is 0 Å². The molecular formula is C16H24Si. The first-order valence-corrected chi connectivity index (χ1v) is 9.74. The normalized spacial score (nSPS) is 31.6. The van der Waals surface area contributed by atoms with E-state index in [1.807, 2.05) is 5.19 Å². The van der Waals surface area contributed by atoms with Gasteiger partial charge in [-0.1, -0.05) is 51.6 Å². The standard InChI is InChI=1S/C16H24Si/c1-11-7-8-12-14-13(11)16(4,5)10-17(14,6)9-15(12,2)3/h7-8H,9-10H2,1-6H3. The molecule has 0 aromatic heterocycles. The molecule has 2 aliphatic heterocycles. The smallest absolute Gasteiger partial charge is 0.0652 e. The maximum Gasteiger partial charge on any atom is 0.0861 e. The highest BCUT2D eigenvalue weighted by atomic mass is 28.3. The number of hydrogen-bond acceptors (Lipinski definition) is 0. The molecular weight excluding hydrogens is 220 g/mol. The minimum atomic E-state index is -1.19. The molecule has 0 fully saturated rings. The van der Waals surface area contributed by atoms with Gasteiger partial charge < -0.3 is 0 Å². The summed E-state index contributed by atoms with van der Waals surface area (Å²) in [5.74, 6) is 0. The molecule has 2 aliphatic rings. The fraction of sp³-hybridized carbons (Fsp3) is 0.625. The second kappa shape index (κ2) is 2.88. The summed E-state index contributed by atoms with van der Waals surface area (Å²) in [5, 5.41) is 1.84. The third kappa shape index (κ3) is 1.29. The summed E-state index contributed by atoms with van der Waals surface area (Å²) >= 11 is 0.